The van der Waals surface area contributed by atoms with E-state index >= 15 is 0 Å². The van der Waals surface area contributed by atoms with Crippen LogP contribution in [0.5, 0.6) is 0 Å². The normalized spacial score (nSPS) is 37.4. The van der Waals surface area contributed by atoms with E-state index in [1.54, 1.807) is 50.7 Å². The van der Waals surface area contributed by atoms with Crippen LogP contribution in [0.3, 0.4) is 0 Å². The zero-order valence-corrected chi connectivity index (χ0v) is 57.2. The summed E-state index contributed by atoms with van der Waals surface area (Å²) in [6, 6.07) is 7.16. The van der Waals surface area contributed by atoms with Gasteiger partial charge in [-0.05, 0) is 149 Å². The molecule has 2 aromatic rings. The number of nitrogens with one attached hydrogen (secondary N) is 4. The molecule has 1 aromatic heterocycles. The van der Waals surface area contributed by atoms with Gasteiger partial charge in [0.05, 0.1) is 72.0 Å². The molecular weight excluding hydrogens is 1190 g/mol. The molecule has 23 heteroatoms. The van der Waals surface area contributed by atoms with Crippen LogP contribution in [0.4, 0.5) is 0 Å². The average molecular weight is 1300 g/mol. The third kappa shape index (κ3) is 17.4. The maximum atomic E-state index is 14.7. The summed E-state index contributed by atoms with van der Waals surface area (Å²) in [6.07, 6.45) is 3.28. The summed E-state index contributed by atoms with van der Waals surface area (Å²) in [7, 11) is 0. The summed E-state index contributed by atoms with van der Waals surface area (Å²) in [6.45, 7) is 24.7. The number of hydrogen-bond donors (Lipinski definition) is 8. The first-order valence-electron chi connectivity index (χ1n) is 33.1. The molecule has 22 atom stereocenters. The molecule has 1 aromatic carbocycles. The van der Waals surface area contributed by atoms with Crippen LogP contribution in [0, 0.1) is 129 Å². The second kappa shape index (κ2) is 34.4. The molecule has 1 aliphatic carbocycles. The predicted octanol–water partition coefficient (Wildman–Crippen LogP) is 10.5. The van der Waals surface area contributed by atoms with Gasteiger partial charge in [-0.1, -0.05) is 99.6 Å². The van der Waals surface area contributed by atoms with Crippen LogP contribution in [0.1, 0.15) is 159 Å². The molecule has 2 aliphatic rings. The zero-order chi connectivity index (χ0) is 70.1. The smallest absolute Gasteiger partial charge is 0.126 e. The molecule has 0 radical (unpaired) electrons. The van der Waals surface area contributed by atoms with Gasteiger partial charge in [0.1, 0.15) is 50.3 Å². The SMILES string of the molecule is CC(C)CC1C(C=O)C(O)C(C)C(C=O)C(C)(N=N)C(CC(C)C)C(C=O)C(O)CC(C=O)C(C)(N=N)C(CC(C)C)C(C=O)C(O)(Cc2ccc(Cn3cc(C4=CCOCC4)cn3)cc2)C(C)C(C=O)C(C)(N=N)C(CC(C)C)C(C=O)C(O)CC(C=O)C1(C)N=N. The first kappa shape index (κ1) is 79.2. The highest BCUT2D eigenvalue weighted by atomic mass is 16.5. The number of ether oxygens (including phenoxy) is 1. The van der Waals surface area contributed by atoms with E-state index in [0.29, 0.717) is 75.6 Å². The Bertz CT molecular complexity index is 2890. The lowest BCUT2D eigenvalue weighted by Crippen LogP contribution is -2.61. The molecule has 0 spiro atoms. The van der Waals surface area contributed by atoms with Gasteiger partial charge in [-0.25, -0.2) is 22.1 Å². The number of carbonyl (C=O) groups is 8. The summed E-state index contributed by atoms with van der Waals surface area (Å²) in [5, 5.41) is 73.4. The highest BCUT2D eigenvalue weighted by Gasteiger charge is 2.61. The Morgan fingerprint density at radius 2 is 0.978 bits per heavy atom. The monoisotopic (exact) mass is 1300 g/mol. The van der Waals surface area contributed by atoms with Gasteiger partial charge in [0.15, 0.2) is 0 Å². The molecule has 93 heavy (non-hydrogen) atoms. The van der Waals surface area contributed by atoms with Crippen molar-refractivity contribution in [1.82, 2.24) is 9.78 Å². The predicted molar refractivity (Wildman–Crippen MR) is 348 cm³/mol. The molecule has 0 amide bonds. The van der Waals surface area contributed by atoms with Gasteiger partial charge in [0.25, 0.3) is 0 Å². The largest absolute Gasteiger partial charge is 0.392 e. The van der Waals surface area contributed by atoms with E-state index in [1.807, 2.05) is 52.1 Å². The average Bonchev–Trinajstić information content (AvgIpc) is 0.971. The molecule has 23 nitrogen and oxygen atoms in total. The maximum Gasteiger partial charge on any atom is 0.126 e. The van der Waals surface area contributed by atoms with Crippen LogP contribution < -0.4 is 0 Å². The van der Waals surface area contributed by atoms with Crippen LogP contribution in [0.25, 0.3) is 5.57 Å². The van der Waals surface area contributed by atoms with Gasteiger partial charge in [0, 0.05) is 65.5 Å². The fourth-order valence-corrected chi connectivity index (χ4v) is 16.1. The van der Waals surface area contributed by atoms with Gasteiger partial charge in [-0.2, -0.15) is 25.6 Å². The van der Waals surface area contributed by atoms with Crippen molar-refractivity contribution in [3.05, 3.63) is 59.4 Å². The molecule has 1 aliphatic heterocycles. The van der Waals surface area contributed by atoms with Gasteiger partial charge in [0.2, 0.25) is 0 Å². The van der Waals surface area contributed by atoms with Gasteiger partial charge < -0.3 is 63.5 Å². The van der Waals surface area contributed by atoms with E-state index in [2.05, 4.69) is 25.6 Å². The highest BCUT2D eigenvalue weighted by molar-refractivity contribution is 5.66. The molecule has 0 saturated heterocycles. The Balaban J connectivity index is 2.20. The Morgan fingerprint density at radius 1 is 0.570 bits per heavy atom. The van der Waals surface area contributed by atoms with Crippen molar-refractivity contribution in [3.63, 3.8) is 0 Å². The van der Waals surface area contributed by atoms with Gasteiger partial charge in [-0.3, -0.25) is 4.68 Å². The van der Waals surface area contributed by atoms with E-state index in [-0.39, 0.29) is 55.8 Å². The molecule has 516 valence electrons. The molecule has 4 rings (SSSR count). The molecule has 22 unspecified atom stereocenters. The number of carbonyl (C=O) groups excluding carboxylic acids is 8. The van der Waals surface area contributed by atoms with Crippen molar-refractivity contribution >= 4 is 55.9 Å². The lowest BCUT2D eigenvalue weighted by atomic mass is 9.54. The van der Waals surface area contributed by atoms with Crippen molar-refractivity contribution in [2.75, 3.05) is 13.2 Å². The first-order valence-corrected chi connectivity index (χ1v) is 33.1. The van der Waals surface area contributed by atoms with Gasteiger partial charge in [-0.15, -0.1) is 0 Å². The number of aldehydes is 8. The van der Waals surface area contributed by atoms with Crippen molar-refractivity contribution in [2.45, 2.75) is 201 Å². The van der Waals surface area contributed by atoms with E-state index < -0.39 is 142 Å². The number of benzene rings is 1. The van der Waals surface area contributed by atoms with Gasteiger partial charge >= 0.3 is 0 Å². The Morgan fingerprint density at radius 3 is 1.37 bits per heavy atom. The summed E-state index contributed by atoms with van der Waals surface area (Å²) >= 11 is 0. The van der Waals surface area contributed by atoms with Crippen molar-refractivity contribution < 1.29 is 63.5 Å². The van der Waals surface area contributed by atoms with Crippen LogP contribution in [-0.2, 0) is 56.1 Å². The van der Waals surface area contributed by atoms with E-state index in [4.69, 9.17) is 26.9 Å². The molecule has 1 fully saturated rings. The summed E-state index contributed by atoms with van der Waals surface area (Å²) in [4.78, 5) is 113. The van der Waals surface area contributed by atoms with Crippen LogP contribution in [0.15, 0.2) is 63.2 Å². The molecule has 1 saturated carbocycles. The van der Waals surface area contributed by atoms with Crippen molar-refractivity contribution in [1.29, 1.82) is 22.1 Å². The molecule has 8 N–H and O–H groups in total. The lowest BCUT2D eigenvalue weighted by molar-refractivity contribution is -0.153. The summed E-state index contributed by atoms with van der Waals surface area (Å²) in [5.41, 5.74) is 28.9. The minimum absolute atomic E-state index is 0.00657. The summed E-state index contributed by atoms with van der Waals surface area (Å²) in [5.74, 6) is -21.3. The maximum absolute atomic E-state index is 14.7. The number of aliphatic hydroxyl groups excluding tert-OH is 3. The standard InChI is InChI=1S/C70H108N10O13/c1-41(2)23-56-53(35-83)64(90)28-52(34-82)67(12,77-72)59(26-44(7)8)62(40-88)70(92,29-47-15-17-48(18-16-47)31-80-32-50(30-75-80)49-19-21-93-22-20-49)46(10)61(39-87)69(14,79-74)57(24-42(3)4)54(36-84)63(89)27-51(33-81)66(11,76-71)58(25-43(5)6)55(37-85)65(91)45(9)60(38-86)68(56,13)78-73/h15-19,30,32-46,51-65,71-74,89-92H,20-29,31H2,1-14H3. The second-order valence-electron chi connectivity index (χ2n) is 29.6. The van der Waals surface area contributed by atoms with E-state index in [1.165, 1.54) is 41.5 Å². The number of hydrogen-bond acceptors (Lipinski definition) is 22. The second-order valence-corrected chi connectivity index (χ2v) is 29.6. The van der Waals surface area contributed by atoms with E-state index in [9.17, 15) is 58.8 Å². The fourth-order valence-electron chi connectivity index (χ4n) is 16.1. The quantitative estimate of drug-likeness (QED) is 0.0338. The Hall–Kier alpha value is -6.27. The Labute approximate surface area is 549 Å². The summed E-state index contributed by atoms with van der Waals surface area (Å²) < 4.78 is 7.28. The topological polar surface area (TPSA) is 389 Å². The zero-order valence-electron chi connectivity index (χ0n) is 57.2. The fraction of sp³-hybridized carbons (Fsp3) is 0.729. The third-order valence-corrected chi connectivity index (χ3v) is 21.9. The number of aliphatic hydroxyl groups is 4. The van der Waals surface area contributed by atoms with Crippen molar-refractivity contribution in [2.24, 2.45) is 127 Å². The van der Waals surface area contributed by atoms with E-state index in [0.717, 1.165) is 23.1 Å². The Kier molecular flexibility index (Phi) is 29.3. The minimum Gasteiger partial charge on any atom is -0.392 e. The third-order valence-electron chi connectivity index (χ3n) is 21.9. The van der Waals surface area contributed by atoms with Crippen molar-refractivity contribution in [3.8, 4) is 0 Å². The van der Waals surface area contributed by atoms with Crippen LogP contribution in [-0.4, -0.2) is 140 Å². The number of rotatable bonds is 25. The molecule has 2 heterocycles. The van der Waals surface area contributed by atoms with Crippen LogP contribution >= 0.6 is 0 Å². The molecule has 0 bridgehead atoms. The number of nitrogens with zero attached hydrogens (tertiary/aromatic N) is 6. The lowest BCUT2D eigenvalue weighted by Gasteiger charge is -2.52. The molecular formula is C70H108N10O13. The minimum atomic E-state index is -2.42. The van der Waals surface area contributed by atoms with Crippen LogP contribution in [0.2, 0.25) is 0 Å². The number of aromatic nitrogens is 2. The first-order chi connectivity index (χ1) is 43.8. The highest BCUT2D eigenvalue weighted by Crippen LogP contribution is 2.53.